The number of nitrogens with one attached hydrogen (secondary N) is 1. The van der Waals surface area contributed by atoms with E-state index >= 15 is 0 Å². The molecule has 0 radical (unpaired) electrons. The maximum atomic E-state index is 12.5. The highest BCUT2D eigenvalue weighted by atomic mass is 16.5. The number of hydrogen-bond acceptors (Lipinski definition) is 5. The first kappa shape index (κ1) is 60.9. The molecule has 2 atom stereocenters. The van der Waals surface area contributed by atoms with Crippen molar-refractivity contribution in [2.24, 2.45) is 0 Å². The average Bonchev–Trinajstić information content (AvgIpc) is 3.27. The van der Waals surface area contributed by atoms with Crippen molar-refractivity contribution in [1.29, 1.82) is 0 Å². The summed E-state index contributed by atoms with van der Waals surface area (Å²) in [6.07, 6.45) is 59.4. The zero-order valence-electron chi connectivity index (χ0n) is 42.1. The van der Waals surface area contributed by atoms with Crippen molar-refractivity contribution in [2.75, 3.05) is 13.2 Å². The van der Waals surface area contributed by atoms with E-state index in [0.29, 0.717) is 25.9 Å². The van der Waals surface area contributed by atoms with Crippen molar-refractivity contribution in [2.45, 2.75) is 334 Å². The van der Waals surface area contributed by atoms with Gasteiger partial charge < -0.3 is 20.3 Å². The maximum Gasteiger partial charge on any atom is 0.305 e. The molecule has 1 amide bonds. The van der Waals surface area contributed by atoms with Gasteiger partial charge in [-0.25, -0.2) is 0 Å². The number of unbranched alkanes of at least 4 members (excludes halogenated alkanes) is 42. The lowest BCUT2D eigenvalue weighted by Gasteiger charge is -2.22. The van der Waals surface area contributed by atoms with E-state index in [1.54, 1.807) is 0 Å². The molecule has 0 bridgehead atoms. The van der Waals surface area contributed by atoms with Gasteiger partial charge in [-0.1, -0.05) is 284 Å². The molecule has 0 aromatic carbocycles. The summed E-state index contributed by atoms with van der Waals surface area (Å²) in [6, 6.07) is -0.548. The second kappa shape index (κ2) is 52.5. The zero-order valence-corrected chi connectivity index (χ0v) is 42.1. The van der Waals surface area contributed by atoms with Crippen molar-refractivity contribution in [1.82, 2.24) is 5.32 Å². The van der Waals surface area contributed by atoms with Gasteiger partial charge in [0.15, 0.2) is 0 Å². The van der Waals surface area contributed by atoms with Crippen LogP contribution in [0, 0.1) is 0 Å². The van der Waals surface area contributed by atoms with Gasteiger partial charge >= 0.3 is 5.97 Å². The lowest BCUT2D eigenvalue weighted by molar-refractivity contribution is -0.143. The smallest absolute Gasteiger partial charge is 0.305 e. The Balaban J connectivity index is 3.42. The van der Waals surface area contributed by atoms with Gasteiger partial charge in [0.2, 0.25) is 5.91 Å². The molecule has 0 aliphatic heterocycles. The summed E-state index contributed by atoms with van der Waals surface area (Å²) >= 11 is 0. The number of carbonyl (C=O) groups is 2. The third kappa shape index (κ3) is 48.3. The summed E-state index contributed by atoms with van der Waals surface area (Å²) in [5, 5.41) is 23.3. The van der Waals surface area contributed by atoms with Crippen molar-refractivity contribution in [3.05, 3.63) is 0 Å². The highest BCUT2D eigenvalue weighted by Gasteiger charge is 2.20. The molecule has 0 aliphatic carbocycles. The van der Waals surface area contributed by atoms with Crippen molar-refractivity contribution >= 4 is 11.9 Å². The number of aliphatic hydroxyl groups excluding tert-OH is 2. The normalized spacial score (nSPS) is 12.5. The Hall–Kier alpha value is -1.14. The SMILES string of the molecule is CCCCCCCCCCCCCCCCCCCC(O)C(CO)NC(=O)CCCCCCCCCCCCCCCCOC(=O)CCCCCCCCCCCCCCCC. The number of ether oxygens (including phenoxy) is 1. The number of amides is 1. The number of rotatable bonds is 53. The summed E-state index contributed by atoms with van der Waals surface area (Å²) < 4.78 is 5.47. The standard InChI is InChI=1S/C56H111NO5/c1-3-5-7-9-11-13-15-17-19-20-21-24-28-32-36-40-44-48-54(59)53(52-58)57-55(60)49-45-41-37-33-29-25-22-23-27-31-35-39-43-47-51-62-56(61)50-46-42-38-34-30-26-18-16-14-12-10-8-6-4-2/h53-54,58-59H,3-52H2,1-2H3,(H,57,60). The molecule has 62 heavy (non-hydrogen) atoms. The van der Waals surface area contributed by atoms with E-state index in [1.165, 1.54) is 238 Å². The van der Waals surface area contributed by atoms with Crippen LogP contribution >= 0.6 is 0 Å². The molecule has 0 aliphatic rings. The van der Waals surface area contributed by atoms with Gasteiger partial charge in [-0.15, -0.1) is 0 Å². The summed E-state index contributed by atoms with van der Waals surface area (Å²) in [6.45, 7) is 4.96. The van der Waals surface area contributed by atoms with Crippen molar-refractivity contribution in [3.63, 3.8) is 0 Å². The van der Waals surface area contributed by atoms with E-state index in [0.717, 1.165) is 51.4 Å². The van der Waals surface area contributed by atoms with Crippen LogP contribution in [0.4, 0.5) is 0 Å². The monoisotopic (exact) mass is 878 g/mol. The van der Waals surface area contributed by atoms with E-state index in [1.807, 2.05) is 0 Å². The molecule has 370 valence electrons. The van der Waals surface area contributed by atoms with E-state index in [4.69, 9.17) is 4.74 Å². The molecule has 0 aromatic heterocycles. The van der Waals surface area contributed by atoms with E-state index in [9.17, 15) is 19.8 Å². The van der Waals surface area contributed by atoms with Crippen LogP contribution in [0.1, 0.15) is 322 Å². The molecule has 6 nitrogen and oxygen atoms in total. The van der Waals surface area contributed by atoms with E-state index < -0.39 is 12.1 Å². The molecule has 3 N–H and O–H groups in total. The molecule has 2 unspecified atom stereocenters. The van der Waals surface area contributed by atoms with Crippen LogP contribution < -0.4 is 5.32 Å². The van der Waals surface area contributed by atoms with Crippen LogP contribution in [-0.2, 0) is 14.3 Å². The predicted octanol–water partition coefficient (Wildman–Crippen LogP) is 17.1. The summed E-state index contributed by atoms with van der Waals surface area (Å²) in [5.74, 6) is -0.0410. The van der Waals surface area contributed by atoms with Gasteiger partial charge in [0.05, 0.1) is 25.4 Å². The fourth-order valence-electron chi connectivity index (χ4n) is 9.05. The van der Waals surface area contributed by atoms with Crippen LogP contribution in [-0.4, -0.2) is 47.4 Å². The minimum absolute atomic E-state index is 0.00114. The van der Waals surface area contributed by atoms with E-state index in [-0.39, 0.29) is 18.5 Å². The van der Waals surface area contributed by atoms with Crippen LogP contribution in [0.2, 0.25) is 0 Å². The third-order valence-electron chi connectivity index (χ3n) is 13.4. The first-order valence-electron chi connectivity index (χ1n) is 28.3. The number of aliphatic hydroxyl groups is 2. The van der Waals surface area contributed by atoms with Gasteiger partial charge in [-0.3, -0.25) is 9.59 Å². The van der Waals surface area contributed by atoms with Crippen LogP contribution in [0.5, 0.6) is 0 Å². The Bertz CT molecular complexity index is 882. The molecule has 0 spiro atoms. The minimum Gasteiger partial charge on any atom is -0.466 e. The molecule has 0 aromatic rings. The topological polar surface area (TPSA) is 95.9 Å². The first-order chi connectivity index (χ1) is 30.5. The fraction of sp³-hybridized carbons (Fsp3) is 0.964. The number of carbonyl (C=O) groups excluding carboxylic acids is 2. The summed E-state index contributed by atoms with van der Waals surface area (Å²) in [7, 11) is 0. The third-order valence-corrected chi connectivity index (χ3v) is 13.4. The molecule has 0 saturated carbocycles. The predicted molar refractivity (Wildman–Crippen MR) is 269 cm³/mol. The van der Waals surface area contributed by atoms with Crippen LogP contribution in [0.3, 0.4) is 0 Å². The largest absolute Gasteiger partial charge is 0.466 e. The van der Waals surface area contributed by atoms with Crippen molar-refractivity contribution in [3.8, 4) is 0 Å². The van der Waals surface area contributed by atoms with Crippen LogP contribution in [0.25, 0.3) is 0 Å². The number of hydrogen-bond donors (Lipinski definition) is 3. The molecule has 0 saturated heterocycles. The molecular weight excluding hydrogens is 767 g/mol. The first-order valence-corrected chi connectivity index (χ1v) is 28.3. The fourth-order valence-corrected chi connectivity index (χ4v) is 9.05. The zero-order chi connectivity index (χ0) is 45.1. The average molecular weight is 879 g/mol. The lowest BCUT2D eigenvalue weighted by atomic mass is 10.0. The van der Waals surface area contributed by atoms with Gasteiger partial charge in [0.1, 0.15) is 0 Å². The lowest BCUT2D eigenvalue weighted by Crippen LogP contribution is -2.45. The Labute approximate surface area is 387 Å². The quantitative estimate of drug-likeness (QED) is 0.0418. The highest BCUT2D eigenvalue weighted by Crippen LogP contribution is 2.18. The van der Waals surface area contributed by atoms with Gasteiger partial charge in [-0.2, -0.15) is 0 Å². The Kier molecular flexibility index (Phi) is 51.5. The molecule has 0 rings (SSSR count). The Morgan fingerprint density at radius 3 is 0.984 bits per heavy atom. The molecule has 0 heterocycles. The highest BCUT2D eigenvalue weighted by molar-refractivity contribution is 5.76. The van der Waals surface area contributed by atoms with Gasteiger partial charge in [-0.05, 0) is 25.7 Å². The van der Waals surface area contributed by atoms with E-state index in [2.05, 4.69) is 19.2 Å². The second-order valence-electron chi connectivity index (χ2n) is 19.6. The van der Waals surface area contributed by atoms with Crippen molar-refractivity contribution < 1.29 is 24.5 Å². The maximum absolute atomic E-state index is 12.5. The van der Waals surface area contributed by atoms with Gasteiger partial charge in [0.25, 0.3) is 0 Å². The Morgan fingerprint density at radius 2 is 0.661 bits per heavy atom. The molecule has 0 fully saturated rings. The Morgan fingerprint density at radius 1 is 0.387 bits per heavy atom. The summed E-state index contributed by atoms with van der Waals surface area (Å²) in [4.78, 5) is 24.5. The molecular formula is C56H111NO5. The number of esters is 1. The molecule has 6 heteroatoms. The van der Waals surface area contributed by atoms with Gasteiger partial charge in [0, 0.05) is 12.8 Å². The second-order valence-corrected chi connectivity index (χ2v) is 19.6. The van der Waals surface area contributed by atoms with Crippen LogP contribution in [0.15, 0.2) is 0 Å². The minimum atomic E-state index is -0.670. The summed E-state index contributed by atoms with van der Waals surface area (Å²) in [5.41, 5.74) is 0.